The van der Waals surface area contributed by atoms with Gasteiger partial charge in [0.25, 0.3) is 11.6 Å². The third kappa shape index (κ3) is 3.37. The lowest BCUT2D eigenvalue weighted by Gasteiger charge is -2.16. The van der Waals surface area contributed by atoms with Crippen LogP contribution in [0.25, 0.3) is 5.69 Å². The van der Waals surface area contributed by atoms with Crippen LogP contribution in [-0.4, -0.2) is 30.2 Å². The summed E-state index contributed by atoms with van der Waals surface area (Å²) in [5.74, 6) is -0.0659. The molecule has 7 nitrogen and oxygen atoms in total. The third-order valence-electron chi connectivity index (χ3n) is 4.12. The van der Waals surface area contributed by atoms with Crippen molar-refractivity contribution < 1.29 is 23.8 Å². The van der Waals surface area contributed by atoms with Gasteiger partial charge in [-0.1, -0.05) is 18.2 Å². The Morgan fingerprint density at radius 1 is 1.23 bits per heavy atom. The Bertz CT molecular complexity index is 919. The summed E-state index contributed by atoms with van der Waals surface area (Å²) in [5.41, 5.74) is 2.37. The number of carbonyl (C=O) groups is 1. The van der Waals surface area contributed by atoms with E-state index in [1.165, 1.54) is 9.58 Å². The fourth-order valence-corrected chi connectivity index (χ4v) is 2.64. The number of nitrogens with zero attached hydrogens (tertiary/aromatic N) is 3. The Labute approximate surface area is 151 Å². The molecule has 134 valence electrons. The van der Waals surface area contributed by atoms with Crippen LogP contribution in [0, 0.1) is 6.92 Å². The van der Waals surface area contributed by atoms with Gasteiger partial charge < -0.3 is 19.3 Å². The van der Waals surface area contributed by atoms with Crippen LogP contribution in [0.15, 0.2) is 53.1 Å². The largest absolute Gasteiger partial charge is 0.539 e. The van der Waals surface area contributed by atoms with Gasteiger partial charge in [0.1, 0.15) is 12.3 Å². The van der Waals surface area contributed by atoms with Gasteiger partial charge in [0, 0.05) is 24.7 Å². The van der Waals surface area contributed by atoms with Crippen LogP contribution in [-0.2, 0) is 6.54 Å². The Kier molecular flexibility index (Phi) is 4.88. The van der Waals surface area contributed by atoms with Crippen LogP contribution in [0.4, 0.5) is 0 Å². The molecule has 3 aromatic rings. The fraction of sp³-hybridized carbons (Fsp3) is 0.211. The van der Waals surface area contributed by atoms with Gasteiger partial charge in [-0.3, -0.25) is 4.79 Å². The topological polar surface area (TPSA) is 82.5 Å². The highest BCUT2D eigenvalue weighted by atomic mass is 16.6. The monoisotopic (exact) mass is 353 g/mol. The highest BCUT2D eigenvalue weighted by molar-refractivity contribution is 5.95. The molecule has 0 atom stereocenters. The first-order valence-corrected chi connectivity index (χ1v) is 8.04. The minimum absolute atomic E-state index is 0.0710. The molecule has 0 fully saturated rings. The van der Waals surface area contributed by atoms with Crippen molar-refractivity contribution in [1.82, 2.24) is 10.2 Å². The van der Waals surface area contributed by atoms with Crippen molar-refractivity contribution in [2.75, 3.05) is 14.2 Å². The molecule has 7 heteroatoms. The van der Waals surface area contributed by atoms with Gasteiger partial charge in [0.15, 0.2) is 5.95 Å². The maximum absolute atomic E-state index is 12.7. The number of aryl methyl sites for hydroxylation is 1. The Hall–Kier alpha value is -3.35. The van der Waals surface area contributed by atoms with Gasteiger partial charge in [-0.2, -0.15) is 0 Å². The van der Waals surface area contributed by atoms with Crippen LogP contribution in [0.2, 0.25) is 0 Å². The van der Waals surface area contributed by atoms with E-state index < -0.39 is 5.95 Å². The highest BCUT2D eigenvalue weighted by Gasteiger charge is 2.24. The summed E-state index contributed by atoms with van der Waals surface area (Å²) in [5, 5.41) is 15.9. The zero-order valence-corrected chi connectivity index (χ0v) is 14.8. The first kappa shape index (κ1) is 17.5. The lowest BCUT2D eigenvalue weighted by Crippen LogP contribution is -2.40. The minimum Gasteiger partial charge on any atom is -0.539 e. The molecule has 0 aliphatic rings. The van der Waals surface area contributed by atoms with E-state index in [-0.39, 0.29) is 18.1 Å². The van der Waals surface area contributed by atoms with Crippen LogP contribution < -0.4 is 14.5 Å². The number of methoxy groups -OCH3 is 1. The number of benzene rings is 2. The van der Waals surface area contributed by atoms with Crippen molar-refractivity contribution in [2.45, 2.75) is 13.5 Å². The second-order valence-electron chi connectivity index (χ2n) is 5.89. The van der Waals surface area contributed by atoms with Gasteiger partial charge in [0.2, 0.25) is 5.69 Å². The Morgan fingerprint density at radius 3 is 2.58 bits per heavy atom. The highest BCUT2D eigenvalue weighted by Crippen LogP contribution is 2.17. The molecule has 0 spiro atoms. The van der Waals surface area contributed by atoms with E-state index in [0.717, 1.165) is 5.56 Å². The molecule has 1 amide bonds. The first-order chi connectivity index (χ1) is 12.5. The summed E-state index contributed by atoms with van der Waals surface area (Å²) >= 11 is 0. The van der Waals surface area contributed by atoms with E-state index in [4.69, 9.17) is 9.26 Å². The standard InChI is InChI=1S/C19H19N3O4/c1-13-6-4-5-7-16(13)18(23)21(2)12-17-19(24)26-20-22(17)14-8-10-15(25-3)11-9-14/h4-11H,12H2,1-3H3. The molecular formula is C19H19N3O4. The number of hydrogen-bond acceptors (Lipinski definition) is 5. The van der Waals surface area contributed by atoms with Gasteiger partial charge in [-0.25, -0.2) is 0 Å². The predicted molar refractivity (Wildman–Crippen MR) is 91.0 cm³/mol. The molecular weight excluding hydrogens is 334 g/mol. The number of carbonyl (C=O) groups excluding carboxylic acids is 1. The normalized spacial score (nSPS) is 10.6. The Morgan fingerprint density at radius 2 is 1.92 bits per heavy atom. The molecule has 1 heterocycles. The van der Waals surface area contributed by atoms with Crippen LogP contribution in [0.3, 0.4) is 0 Å². The van der Waals surface area contributed by atoms with E-state index in [0.29, 0.717) is 17.0 Å². The lowest BCUT2D eigenvalue weighted by atomic mass is 10.1. The van der Waals surface area contributed by atoms with Crippen molar-refractivity contribution >= 4 is 5.91 Å². The molecule has 0 saturated heterocycles. The molecule has 26 heavy (non-hydrogen) atoms. The van der Waals surface area contributed by atoms with E-state index >= 15 is 0 Å². The third-order valence-corrected chi connectivity index (χ3v) is 4.12. The SMILES string of the molecule is COc1ccc(-[n+]2noc([O-])c2CN(C)C(=O)c2ccccc2C)cc1. The van der Waals surface area contributed by atoms with Crippen molar-refractivity contribution in [3.8, 4) is 17.4 Å². The smallest absolute Gasteiger partial charge is 0.259 e. The van der Waals surface area contributed by atoms with E-state index in [9.17, 15) is 9.90 Å². The maximum atomic E-state index is 12.7. The number of hydrogen-bond donors (Lipinski definition) is 0. The van der Waals surface area contributed by atoms with Crippen molar-refractivity contribution in [3.63, 3.8) is 0 Å². The summed E-state index contributed by atoms with van der Waals surface area (Å²) in [6, 6.07) is 14.3. The molecule has 0 saturated carbocycles. The van der Waals surface area contributed by atoms with Crippen molar-refractivity contribution in [3.05, 3.63) is 65.4 Å². The lowest BCUT2D eigenvalue weighted by molar-refractivity contribution is -0.678. The summed E-state index contributed by atoms with van der Waals surface area (Å²) in [6.07, 6.45) is 0. The number of ether oxygens (including phenoxy) is 1. The van der Waals surface area contributed by atoms with Crippen molar-refractivity contribution in [1.29, 1.82) is 0 Å². The van der Waals surface area contributed by atoms with Gasteiger partial charge >= 0.3 is 0 Å². The van der Waals surface area contributed by atoms with Gasteiger partial charge in [-0.05, 0) is 35.4 Å². The second-order valence-corrected chi connectivity index (χ2v) is 5.89. The molecule has 0 aliphatic carbocycles. The summed E-state index contributed by atoms with van der Waals surface area (Å²) in [7, 11) is 3.21. The van der Waals surface area contributed by atoms with Crippen LogP contribution in [0.1, 0.15) is 21.6 Å². The fourth-order valence-electron chi connectivity index (χ4n) is 2.64. The molecule has 0 unspecified atom stereocenters. The van der Waals surface area contributed by atoms with E-state index in [1.54, 1.807) is 44.5 Å². The Balaban J connectivity index is 1.87. The first-order valence-electron chi connectivity index (χ1n) is 8.04. The summed E-state index contributed by atoms with van der Waals surface area (Å²) in [4.78, 5) is 14.1. The summed E-state index contributed by atoms with van der Waals surface area (Å²) in [6.45, 7) is 1.94. The predicted octanol–water partition coefficient (Wildman–Crippen LogP) is 1.61. The van der Waals surface area contributed by atoms with Crippen molar-refractivity contribution in [2.24, 2.45) is 0 Å². The minimum atomic E-state index is -0.578. The zero-order chi connectivity index (χ0) is 18.7. The van der Waals surface area contributed by atoms with Gasteiger partial charge in [-0.15, -0.1) is 0 Å². The molecule has 0 aliphatic heterocycles. The average molecular weight is 353 g/mol. The maximum Gasteiger partial charge on any atom is 0.259 e. The molecule has 0 radical (unpaired) electrons. The molecule has 1 aromatic heterocycles. The summed E-state index contributed by atoms with van der Waals surface area (Å²) < 4.78 is 11.3. The van der Waals surface area contributed by atoms with E-state index in [1.807, 2.05) is 25.1 Å². The number of amides is 1. The quantitative estimate of drug-likeness (QED) is 0.651. The average Bonchev–Trinajstić information content (AvgIpc) is 3.02. The molecule has 0 bridgehead atoms. The van der Waals surface area contributed by atoms with Gasteiger partial charge in [0.05, 0.1) is 12.4 Å². The molecule has 2 aromatic carbocycles. The van der Waals surface area contributed by atoms with Crippen LogP contribution >= 0.6 is 0 Å². The molecule has 3 rings (SSSR count). The zero-order valence-electron chi connectivity index (χ0n) is 14.8. The van der Waals surface area contributed by atoms with E-state index in [2.05, 4.69) is 5.27 Å². The number of aromatic nitrogens is 2. The number of rotatable bonds is 5. The van der Waals surface area contributed by atoms with Crippen LogP contribution in [0.5, 0.6) is 11.7 Å². The second kappa shape index (κ2) is 7.26. The molecule has 0 N–H and O–H groups in total.